The van der Waals surface area contributed by atoms with Crippen LogP contribution in [0.15, 0.2) is 24.4 Å². The van der Waals surface area contributed by atoms with Gasteiger partial charge in [0.15, 0.2) is 0 Å². The molecule has 8 heteroatoms. The third kappa shape index (κ3) is 3.13. The number of hydrogen-bond acceptors (Lipinski definition) is 3. The van der Waals surface area contributed by atoms with E-state index in [0.29, 0.717) is 5.69 Å². The summed E-state index contributed by atoms with van der Waals surface area (Å²) in [5.41, 5.74) is -0.372. The van der Waals surface area contributed by atoms with E-state index in [1.54, 1.807) is 6.92 Å². The van der Waals surface area contributed by atoms with Crippen molar-refractivity contribution >= 4 is 17.6 Å². The van der Waals surface area contributed by atoms with E-state index in [9.17, 15) is 18.0 Å². The zero-order valence-corrected chi connectivity index (χ0v) is 13.5. The molecule has 0 N–H and O–H groups in total. The van der Waals surface area contributed by atoms with Gasteiger partial charge in [0.05, 0.1) is 29.7 Å². The molecule has 1 aromatic heterocycles. The van der Waals surface area contributed by atoms with E-state index < -0.39 is 17.7 Å². The number of esters is 1. The lowest BCUT2D eigenvalue weighted by Crippen LogP contribution is -2.14. The molecule has 0 radical (unpaired) electrons. The van der Waals surface area contributed by atoms with Crippen LogP contribution in [0.1, 0.15) is 47.3 Å². The Morgan fingerprint density at radius 1 is 1.42 bits per heavy atom. The Labute approximate surface area is 141 Å². The van der Waals surface area contributed by atoms with Gasteiger partial charge in [-0.25, -0.2) is 9.48 Å². The van der Waals surface area contributed by atoms with Crippen LogP contribution in [0, 0.1) is 0 Å². The fourth-order valence-corrected chi connectivity index (χ4v) is 2.76. The van der Waals surface area contributed by atoms with Crippen LogP contribution in [-0.2, 0) is 10.9 Å². The van der Waals surface area contributed by atoms with Crippen LogP contribution in [0.3, 0.4) is 0 Å². The number of hydrogen-bond donors (Lipinski definition) is 0. The summed E-state index contributed by atoms with van der Waals surface area (Å²) in [7, 11) is 0. The molecule has 1 fully saturated rings. The minimum absolute atomic E-state index is 0.00340. The maximum Gasteiger partial charge on any atom is 0.418 e. The van der Waals surface area contributed by atoms with Crippen molar-refractivity contribution in [3.63, 3.8) is 0 Å². The summed E-state index contributed by atoms with van der Waals surface area (Å²) in [5, 5.41) is 4.01. The van der Waals surface area contributed by atoms with Crippen molar-refractivity contribution in [2.45, 2.75) is 31.9 Å². The van der Waals surface area contributed by atoms with Crippen LogP contribution in [-0.4, -0.2) is 22.4 Å². The average molecular weight is 359 g/mol. The Kier molecular flexibility index (Phi) is 4.29. The minimum atomic E-state index is -4.59. The molecular formula is C16H14ClF3N2O2. The molecule has 0 aliphatic heterocycles. The number of carbonyl (C=O) groups is 1. The summed E-state index contributed by atoms with van der Waals surface area (Å²) in [6.45, 7) is 1.85. The monoisotopic (exact) mass is 358 g/mol. The van der Waals surface area contributed by atoms with Gasteiger partial charge in [-0.3, -0.25) is 0 Å². The highest BCUT2D eigenvalue weighted by Gasteiger charge is 2.38. The van der Waals surface area contributed by atoms with E-state index in [1.165, 1.54) is 23.0 Å². The van der Waals surface area contributed by atoms with Gasteiger partial charge in [0.25, 0.3) is 0 Å². The molecule has 0 atom stereocenters. The Morgan fingerprint density at radius 3 is 2.71 bits per heavy atom. The van der Waals surface area contributed by atoms with Crippen molar-refractivity contribution in [1.82, 2.24) is 9.78 Å². The lowest BCUT2D eigenvalue weighted by molar-refractivity contribution is -0.137. The largest absolute Gasteiger partial charge is 0.462 e. The summed E-state index contributed by atoms with van der Waals surface area (Å²) in [4.78, 5) is 12.1. The molecule has 1 aliphatic carbocycles. The summed E-state index contributed by atoms with van der Waals surface area (Å²) in [6, 6.07) is 3.49. The van der Waals surface area contributed by atoms with Crippen LogP contribution >= 0.6 is 11.6 Å². The Balaban J connectivity index is 2.16. The minimum Gasteiger partial charge on any atom is -0.462 e. The fourth-order valence-electron chi connectivity index (χ4n) is 2.59. The molecule has 0 saturated heterocycles. The molecule has 3 rings (SSSR count). The maximum atomic E-state index is 13.4. The molecule has 0 unspecified atom stereocenters. The third-order valence-corrected chi connectivity index (χ3v) is 3.99. The van der Waals surface area contributed by atoms with Crippen molar-refractivity contribution < 1.29 is 22.7 Å². The fraction of sp³-hybridized carbons (Fsp3) is 0.375. The predicted molar refractivity (Wildman–Crippen MR) is 81.5 cm³/mol. The SMILES string of the molecule is CCOC(=O)c1cnn(-c2ccc(Cl)cc2C(F)(F)F)c1C1CC1. The summed E-state index contributed by atoms with van der Waals surface area (Å²) in [5.74, 6) is -0.572. The quantitative estimate of drug-likeness (QED) is 0.750. The second kappa shape index (κ2) is 6.12. The predicted octanol–water partition coefficient (Wildman–Crippen LogP) is 4.60. The highest BCUT2D eigenvalue weighted by Crippen LogP contribution is 2.44. The van der Waals surface area contributed by atoms with E-state index in [4.69, 9.17) is 16.3 Å². The average Bonchev–Trinajstić information content (AvgIpc) is 3.25. The van der Waals surface area contributed by atoms with Gasteiger partial charge in [0.1, 0.15) is 5.56 Å². The van der Waals surface area contributed by atoms with Crippen LogP contribution < -0.4 is 0 Å². The van der Waals surface area contributed by atoms with Crippen molar-refractivity contribution in [3.05, 3.63) is 46.2 Å². The lowest BCUT2D eigenvalue weighted by Gasteiger charge is -2.15. The zero-order valence-electron chi connectivity index (χ0n) is 12.7. The first-order valence-electron chi connectivity index (χ1n) is 7.45. The van der Waals surface area contributed by atoms with Gasteiger partial charge in [0.2, 0.25) is 0 Å². The summed E-state index contributed by atoms with van der Waals surface area (Å²) < 4.78 is 46.2. The summed E-state index contributed by atoms with van der Waals surface area (Å²) >= 11 is 5.72. The molecule has 4 nitrogen and oxygen atoms in total. The van der Waals surface area contributed by atoms with E-state index in [0.717, 1.165) is 18.9 Å². The number of benzene rings is 1. The van der Waals surface area contributed by atoms with Crippen molar-refractivity contribution in [2.24, 2.45) is 0 Å². The molecule has 0 amide bonds. The molecular weight excluding hydrogens is 345 g/mol. The van der Waals surface area contributed by atoms with Gasteiger partial charge in [-0.2, -0.15) is 18.3 Å². The van der Waals surface area contributed by atoms with Gasteiger partial charge >= 0.3 is 12.1 Å². The zero-order chi connectivity index (χ0) is 17.5. The van der Waals surface area contributed by atoms with Crippen LogP contribution in [0.2, 0.25) is 5.02 Å². The topological polar surface area (TPSA) is 44.1 Å². The number of rotatable bonds is 4. The van der Waals surface area contributed by atoms with Crippen LogP contribution in [0.4, 0.5) is 13.2 Å². The van der Waals surface area contributed by atoms with Crippen LogP contribution in [0.25, 0.3) is 5.69 Å². The van der Waals surface area contributed by atoms with Crippen LogP contribution in [0.5, 0.6) is 0 Å². The molecule has 1 aromatic carbocycles. The second-order valence-electron chi connectivity index (χ2n) is 5.51. The Bertz CT molecular complexity index is 782. The summed E-state index contributed by atoms with van der Waals surface area (Å²) in [6.07, 6.45) is -1.72. The maximum absolute atomic E-state index is 13.4. The normalized spacial score (nSPS) is 14.7. The lowest BCUT2D eigenvalue weighted by atomic mass is 10.1. The first-order chi connectivity index (χ1) is 11.3. The molecule has 0 bridgehead atoms. The number of alkyl halides is 3. The molecule has 128 valence electrons. The highest BCUT2D eigenvalue weighted by atomic mass is 35.5. The van der Waals surface area contributed by atoms with Crippen molar-refractivity contribution in [1.29, 1.82) is 0 Å². The van der Waals surface area contributed by atoms with E-state index in [1.807, 2.05) is 0 Å². The van der Waals surface area contributed by atoms with Crippen molar-refractivity contribution in [2.75, 3.05) is 6.61 Å². The highest BCUT2D eigenvalue weighted by molar-refractivity contribution is 6.30. The van der Waals surface area contributed by atoms with Crippen molar-refractivity contribution in [3.8, 4) is 5.69 Å². The molecule has 1 aliphatic rings. The first-order valence-corrected chi connectivity index (χ1v) is 7.83. The Morgan fingerprint density at radius 2 is 2.12 bits per heavy atom. The number of aromatic nitrogens is 2. The standard InChI is InChI=1S/C16H14ClF3N2O2/c1-2-24-15(23)11-8-21-22(14(11)9-3-4-9)13-6-5-10(17)7-12(13)16(18,19)20/h5-9H,2-4H2,1H3. The number of nitrogens with zero attached hydrogens (tertiary/aromatic N) is 2. The Hall–Kier alpha value is -2.02. The van der Waals surface area contributed by atoms with Gasteiger partial charge < -0.3 is 4.74 Å². The van der Waals surface area contributed by atoms with E-state index in [2.05, 4.69) is 5.10 Å². The molecule has 0 spiro atoms. The molecule has 2 aromatic rings. The first kappa shape index (κ1) is 16.8. The van der Waals surface area contributed by atoms with E-state index in [-0.39, 0.29) is 28.8 Å². The van der Waals surface area contributed by atoms with E-state index >= 15 is 0 Å². The number of carbonyl (C=O) groups excluding carboxylic acids is 1. The third-order valence-electron chi connectivity index (χ3n) is 3.76. The number of halogens is 4. The molecule has 1 saturated carbocycles. The number of ether oxygens (including phenoxy) is 1. The second-order valence-corrected chi connectivity index (χ2v) is 5.95. The molecule has 24 heavy (non-hydrogen) atoms. The van der Waals surface area contributed by atoms with Gasteiger partial charge in [-0.1, -0.05) is 11.6 Å². The smallest absolute Gasteiger partial charge is 0.418 e. The van der Waals surface area contributed by atoms with Gasteiger partial charge in [-0.05, 0) is 38.0 Å². The van der Waals surface area contributed by atoms with Gasteiger partial charge in [-0.15, -0.1) is 0 Å². The van der Waals surface area contributed by atoms with Gasteiger partial charge in [0, 0.05) is 10.9 Å². The molecule has 1 heterocycles.